The minimum absolute atomic E-state index is 0.0858. The van der Waals surface area contributed by atoms with Gasteiger partial charge < -0.3 is 16.0 Å². The molecule has 1 heterocycles. The molecule has 0 fully saturated rings. The molecule has 1 unspecified atom stereocenters. The predicted octanol–water partition coefficient (Wildman–Crippen LogP) is 3.85. The normalized spacial score (nSPS) is 11.3. The quantitative estimate of drug-likeness (QED) is 0.445. The van der Waals surface area contributed by atoms with Crippen LogP contribution >= 0.6 is 11.8 Å². The van der Waals surface area contributed by atoms with E-state index in [-0.39, 0.29) is 35.8 Å². The van der Waals surface area contributed by atoms with Crippen LogP contribution in [0.25, 0.3) is 0 Å². The van der Waals surface area contributed by atoms with Crippen molar-refractivity contribution in [3.8, 4) is 0 Å². The molecule has 0 aliphatic rings. The molecule has 0 aliphatic heterocycles. The fraction of sp³-hybridized carbons (Fsp3) is 0.167. The van der Waals surface area contributed by atoms with Crippen LogP contribution in [0.5, 0.6) is 0 Å². The molecule has 1 aromatic heterocycles. The number of pyridine rings is 1. The maximum atomic E-state index is 12.9. The van der Waals surface area contributed by atoms with Gasteiger partial charge in [0.25, 0.3) is 5.91 Å². The van der Waals surface area contributed by atoms with Crippen molar-refractivity contribution in [2.24, 2.45) is 0 Å². The topological polar surface area (TPSA) is 100 Å². The first-order chi connectivity index (χ1) is 15.9. The summed E-state index contributed by atoms with van der Waals surface area (Å²) in [6.07, 6.45) is 3.10. The summed E-state index contributed by atoms with van der Waals surface area (Å²) in [5, 5.41) is 7.87. The zero-order valence-corrected chi connectivity index (χ0v) is 18.7. The van der Waals surface area contributed by atoms with E-state index in [0.29, 0.717) is 16.9 Å². The Morgan fingerprint density at radius 2 is 1.70 bits per heavy atom. The third kappa shape index (κ3) is 7.73. The summed E-state index contributed by atoms with van der Waals surface area (Å²) in [6.45, 7) is 2.00. The lowest BCUT2D eigenvalue weighted by molar-refractivity contribution is -0.120. The van der Waals surface area contributed by atoms with Gasteiger partial charge in [-0.25, -0.2) is 4.39 Å². The Morgan fingerprint density at radius 1 is 0.970 bits per heavy atom. The predicted molar refractivity (Wildman–Crippen MR) is 127 cm³/mol. The molecule has 3 rings (SSSR count). The van der Waals surface area contributed by atoms with E-state index in [2.05, 4.69) is 20.9 Å². The molecule has 0 saturated heterocycles. The number of carbonyl (C=O) groups excluding carboxylic acids is 3. The summed E-state index contributed by atoms with van der Waals surface area (Å²) in [6, 6.07) is 15.9. The third-order valence-corrected chi connectivity index (χ3v) is 5.70. The Kier molecular flexibility index (Phi) is 8.54. The molecular formula is C24H23FN4O3S. The van der Waals surface area contributed by atoms with E-state index in [4.69, 9.17) is 0 Å². The van der Waals surface area contributed by atoms with Crippen LogP contribution in [0.1, 0.15) is 22.8 Å². The van der Waals surface area contributed by atoms with E-state index in [1.807, 2.05) is 6.07 Å². The second-order valence-corrected chi connectivity index (χ2v) is 8.45. The first-order valence-electron chi connectivity index (χ1n) is 10.2. The fourth-order valence-corrected chi connectivity index (χ4v) is 3.51. The van der Waals surface area contributed by atoms with Gasteiger partial charge in [-0.3, -0.25) is 19.4 Å². The van der Waals surface area contributed by atoms with Crippen LogP contribution in [0.3, 0.4) is 0 Å². The number of halogens is 1. The van der Waals surface area contributed by atoms with Gasteiger partial charge >= 0.3 is 0 Å². The van der Waals surface area contributed by atoms with Crippen molar-refractivity contribution >= 4 is 40.9 Å². The van der Waals surface area contributed by atoms with Gasteiger partial charge in [0, 0.05) is 35.9 Å². The second kappa shape index (κ2) is 11.8. The highest BCUT2D eigenvalue weighted by Crippen LogP contribution is 2.15. The van der Waals surface area contributed by atoms with Crippen molar-refractivity contribution < 1.29 is 18.8 Å². The molecule has 0 aliphatic carbocycles. The molecule has 0 saturated carbocycles. The molecule has 3 amide bonds. The van der Waals surface area contributed by atoms with Gasteiger partial charge in [0.15, 0.2) is 0 Å². The van der Waals surface area contributed by atoms with Crippen molar-refractivity contribution in [1.82, 2.24) is 10.3 Å². The van der Waals surface area contributed by atoms with Crippen molar-refractivity contribution in [2.75, 3.05) is 16.4 Å². The molecular weight excluding hydrogens is 443 g/mol. The average molecular weight is 467 g/mol. The maximum absolute atomic E-state index is 12.9. The highest BCUT2D eigenvalue weighted by Gasteiger charge is 2.15. The van der Waals surface area contributed by atoms with E-state index < -0.39 is 5.25 Å². The van der Waals surface area contributed by atoms with Crippen LogP contribution in [0.4, 0.5) is 15.8 Å². The van der Waals surface area contributed by atoms with E-state index >= 15 is 0 Å². The SMILES string of the molecule is CC(SCC(=O)Nc1ccc(F)cc1)C(=O)NCc1cccc(NC(=O)c2ccncc2)c1. The average Bonchev–Trinajstić information content (AvgIpc) is 2.83. The lowest BCUT2D eigenvalue weighted by Gasteiger charge is -2.13. The number of carbonyl (C=O) groups is 3. The Bertz CT molecular complexity index is 1110. The second-order valence-electron chi connectivity index (χ2n) is 7.12. The van der Waals surface area contributed by atoms with Crippen molar-refractivity contribution in [2.45, 2.75) is 18.7 Å². The number of hydrogen-bond acceptors (Lipinski definition) is 5. The number of nitrogens with zero attached hydrogens (tertiary/aromatic N) is 1. The minimum atomic E-state index is -0.446. The van der Waals surface area contributed by atoms with Crippen molar-refractivity contribution in [1.29, 1.82) is 0 Å². The van der Waals surface area contributed by atoms with Gasteiger partial charge in [0.1, 0.15) is 5.82 Å². The van der Waals surface area contributed by atoms with Gasteiger partial charge in [-0.05, 0) is 61.0 Å². The van der Waals surface area contributed by atoms with Crippen LogP contribution in [-0.2, 0) is 16.1 Å². The number of aromatic nitrogens is 1. The molecule has 1 atom stereocenters. The molecule has 0 spiro atoms. The largest absolute Gasteiger partial charge is 0.351 e. The van der Waals surface area contributed by atoms with E-state index in [1.165, 1.54) is 36.0 Å². The lowest BCUT2D eigenvalue weighted by atomic mass is 10.2. The summed E-state index contributed by atoms with van der Waals surface area (Å²) >= 11 is 1.20. The first-order valence-corrected chi connectivity index (χ1v) is 11.2. The number of benzene rings is 2. The van der Waals surface area contributed by atoms with Crippen molar-refractivity contribution in [3.05, 3.63) is 90.0 Å². The summed E-state index contributed by atoms with van der Waals surface area (Å²) in [5.41, 5.74) is 2.43. The highest BCUT2D eigenvalue weighted by atomic mass is 32.2. The number of hydrogen-bond donors (Lipinski definition) is 3. The monoisotopic (exact) mass is 466 g/mol. The number of amides is 3. The van der Waals surface area contributed by atoms with Crippen LogP contribution in [-0.4, -0.2) is 33.7 Å². The Morgan fingerprint density at radius 3 is 2.42 bits per heavy atom. The summed E-state index contributed by atoms with van der Waals surface area (Å²) in [4.78, 5) is 40.6. The summed E-state index contributed by atoms with van der Waals surface area (Å²) in [7, 11) is 0. The minimum Gasteiger partial charge on any atom is -0.351 e. The first kappa shape index (κ1) is 23.9. The summed E-state index contributed by atoms with van der Waals surface area (Å²) < 4.78 is 12.9. The van der Waals surface area contributed by atoms with Crippen LogP contribution in [0.15, 0.2) is 73.1 Å². The standard InChI is InChI=1S/C24H23FN4O3S/c1-16(33-15-22(30)28-20-7-5-19(25)6-8-20)23(31)27-14-17-3-2-4-21(13-17)29-24(32)18-9-11-26-12-10-18/h2-13,16H,14-15H2,1H3,(H,27,31)(H,28,30)(H,29,32). The number of rotatable bonds is 9. The third-order valence-electron chi connectivity index (χ3n) is 4.56. The number of nitrogens with one attached hydrogen (secondary N) is 3. The fourth-order valence-electron chi connectivity index (χ4n) is 2.81. The zero-order valence-electron chi connectivity index (χ0n) is 17.9. The van der Waals surface area contributed by atoms with Gasteiger partial charge in [-0.2, -0.15) is 0 Å². The maximum Gasteiger partial charge on any atom is 0.255 e. The van der Waals surface area contributed by atoms with Crippen LogP contribution in [0.2, 0.25) is 0 Å². The highest BCUT2D eigenvalue weighted by molar-refractivity contribution is 8.01. The smallest absolute Gasteiger partial charge is 0.255 e. The molecule has 0 radical (unpaired) electrons. The van der Waals surface area contributed by atoms with E-state index in [0.717, 1.165) is 5.56 Å². The number of anilines is 2. The molecule has 2 aromatic carbocycles. The zero-order chi connectivity index (χ0) is 23.6. The summed E-state index contributed by atoms with van der Waals surface area (Å²) in [5.74, 6) is -1.02. The van der Waals surface area contributed by atoms with Crippen LogP contribution < -0.4 is 16.0 Å². The molecule has 170 valence electrons. The molecule has 3 N–H and O–H groups in total. The molecule has 9 heteroatoms. The van der Waals surface area contributed by atoms with Gasteiger partial charge in [-0.1, -0.05) is 12.1 Å². The lowest BCUT2D eigenvalue weighted by Crippen LogP contribution is -2.31. The Balaban J connectivity index is 1.44. The Hall–Kier alpha value is -3.72. The van der Waals surface area contributed by atoms with Crippen LogP contribution in [0, 0.1) is 5.82 Å². The molecule has 33 heavy (non-hydrogen) atoms. The molecule has 3 aromatic rings. The molecule has 0 bridgehead atoms. The Labute approximate surface area is 195 Å². The molecule has 7 nitrogen and oxygen atoms in total. The van der Waals surface area contributed by atoms with Crippen molar-refractivity contribution in [3.63, 3.8) is 0 Å². The van der Waals surface area contributed by atoms with Gasteiger partial charge in [-0.15, -0.1) is 11.8 Å². The van der Waals surface area contributed by atoms with Gasteiger partial charge in [0.2, 0.25) is 11.8 Å². The van der Waals surface area contributed by atoms with Gasteiger partial charge in [0.05, 0.1) is 11.0 Å². The van der Waals surface area contributed by atoms with E-state index in [9.17, 15) is 18.8 Å². The number of thioether (sulfide) groups is 1. The van der Waals surface area contributed by atoms with E-state index in [1.54, 1.807) is 49.6 Å².